The first-order chi connectivity index (χ1) is 9.70. The van der Waals surface area contributed by atoms with Crippen molar-refractivity contribution in [2.45, 2.75) is 13.3 Å². The van der Waals surface area contributed by atoms with E-state index in [0.717, 1.165) is 44.0 Å². The maximum atomic E-state index is 12.1. The Hall–Kier alpha value is -1.11. The van der Waals surface area contributed by atoms with Crippen LogP contribution in [0.15, 0.2) is 6.07 Å². The van der Waals surface area contributed by atoms with E-state index in [9.17, 15) is 4.79 Å². The fourth-order valence-electron chi connectivity index (χ4n) is 2.32. The Morgan fingerprint density at radius 2 is 2.25 bits per heavy atom. The minimum absolute atomic E-state index is 0.0275. The van der Waals surface area contributed by atoms with E-state index in [1.54, 1.807) is 7.11 Å². The maximum absolute atomic E-state index is 12.1. The SMILES string of the molecule is COc1cc(C)sc1C(=O)NCCCN1CCNCC1. The molecule has 0 radical (unpaired) electrons. The molecule has 6 heteroatoms. The summed E-state index contributed by atoms with van der Waals surface area (Å²) in [5, 5.41) is 6.31. The van der Waals surface area contributed by atoms with Crippen LogP contribution in [0.25, 0.3) is 0 Å². The van der Waals surface area contributed by atoms with Crippen LogP contribution in [0, 0.1) is 6.92 Å². The molecule has 0 atom stereocenters. The van der Waals surface area contributed by atoms with Crippen molar-refractivity contribution in [3.8, 4) is 5.75 Å². The molecule has 112 valence electrons. The Kier molecular flexibility index (Phi) is 5.82. The lowest BCUT2D eigenvalue weighted by molar-refractivity contribution is 0.0952. The van der Waals surface area contributed by atoms with Gasteiger partial charge in [-0.2, -0.15) is 0 Å². The molecule has 1 aliphatic rings. The van der Waals surface area contributed by atoms with Crippen molar-refractivity contribution in [1.29, 1.82) is 0 Å². The van der Waals surface area contributed by atoms with Gasteiger partial charge in [0.2, 0.25) is 0 Å². The number of carbonyl (C=O) groups excluding carboxylic acids is 1. The molecule has 2 rings (SSSR count). The smallest absolute Gasteiger partial charge is 0.265 e. The van der Waals surface area contributed by atoms with E-state index in [2.05, 4.69) is 15.5 Å². The molecule has 1 amide bonds. The van der Waals surface area contributed by atoms with Gasteiger partial charge in [0, 0.05) is 37.6 Å². The average molecular weight is 297 g/mol. The third kappa shape index (κ3) is 4.19. The normalized spacial score (nSPS) is 16.1. The first-order valence-electron chi connectivity index (χ1n) is 7.06. The molecule has 1 aromatic rings. The molecule has 1 aromatic heterocycles. The molecule has 5 nitrogen and oxygen atoms in total. The Bertz CT molecular complexity index is 442. The van der Waals surface area contributed by atoms with Crippen LogP contribution >= 0.6 is 11.3 Å². The molecule has 0 spiro atoms. The molecule has 0 unspecified atom stereocenters. The predicted octanol–water partition coefficient (Wildman–Crippen LogP) is 1.09. The summed E-state index contributed by atoms with van der Waals surface area (Å²) in [5.74, 6) is 0.646. The molecular weight excluding hydrogens is 274 g/mol. The minimum Gasteiger partial charge on any atom is -0.495 e. The number of carbonyl (C=O) groups is 1. The second-order valence-corrected chi connectivity index (χ2v) is 6.21. The number of thiophene rings is 1. The number of hydrogen-bond acceptors (Lipinski definition) is 5. The van der Waals surface area contributed by atoms with Gasteiger partial charge in [-0.3, -0.25) is 4.79 Å². The summed E-state index contributed by atoms with van der Waals surface area (Å²) in [6.07, 6.45) is 0.985. The Labute approximate surface area is 124 Å². The average Bonchev–Trinajstić information content (AvgIpc) is 2.86. The van der Waals surface area contributed by atoms with Crippen LogP contribution in [-0.2, 0) is 0 Å². The van der Waals surface area contributed by atoms with Crippen molar-refractivity contribution in [2.75, 3.05) is 46.4 Å². The lowest BCUT2D eigenvalue weighted by Crippen LogP contribution is -2.44. The summed E-state index contributed by atoms with van der Waals surface area (Å²) in [7, 11) is 1.60. The summed E-state index contributed by atoms with van der Waals surface area (Å²) >= 11 is 1.48. The maximum Gasteiger partial charge on any atom is 0.265 e. The molecule has 2 heterocycles. The van der Waals surface area contributed by atoms with Crippen molar-refractivity contribution in [1.82, 2.24) is 15.5 Å². The highest BCUT2D eigenvalue weighted by atomic mass is 32.1. The van der Waals surface area contributed by atoms with Gasteiger partial charge in [0.25, 0.3) is 5.91 Å². The predicted molar refractivity (Wildman–Crippen MR) is 81.9 cm³/mol. The van der Waals surface area contributed by atoms with Crippen molar-refractivity contribution in [3.05, 3.63) is 15.8 Å². The van der Waals surface area contributed by atoms with Gasteiger partial charge in [0.05, 0.1) is 7.11 Å². The number of hydrogen-bond donors (Lipinski definition) is 2. The zero-order valence-corrected chi connectivity index (χ0v) is 13.0. The summed E-state index contributed by atoms with van der Waals surface area (Å²) in [4.78, 5) is 16.3. The van der Waals surface area contributed by atoms with Crippen LogP contribution < -0.4 is 15.4 Å². The molecule has 0 saturated carbocycles. The fourth-order valence-corrected chi connectivity index (χ4v) is 3.22. The topological polar surface area (TPSA) is 53.6 Å². The highest BCUT2D eigenvalue weighted by Gasteiger charge is 2.15. The first kappa shape index (κ1) is 15.3. The number of nitrogens with one attached hydrogen (secondary N) is 2. The summed E-state index contributed by atoms with van der Waals surface area (Å²) in [6.45, 7) is 8.08. The van der Waals surface area contributed by atoms with Crippen LogP contribution in [0.2, 0.25) is 0 Å². The number of nitrogens with zero attached hydrogens (tertiary/aromatic N) is 1. The number of rotatable bonds is 6. The van der Waals surface area contributed by atoms with Gasteiger partial charge in [-0.25, -0.2) is 0 Å². The third-order valence-corrected chi connectivity index (χ3v) is 4.42. The minimum atomic E-state index is -0.0275. The molecule has 1 saturated heterocycles. The van der Waals surface area contributed by atoms with Gasteiger partial charge in [-0.15, -0.1) is 11.3 Å². The number of piperazine rings is 1. The van der Waals surface area contributed by atoms with Gasteiger partial charge in [-0.1, -0.05) is 0 Å². The Morgan fingerprint density at radius 1 is 1.50 bits per heavy atom. The number of ether oxygens (including phenoxy) is 1. The molecule has 1 fully saturated rings. The molecule has 20 heavy (non-hydrogen) atoms. The highest BCUT2D eigenvalue weighted by Crippen LogP contribution is 2.28. The number of aryl methyl sites for hydroxylation is 1. The largest absolute Gasteiger partial charge is 0.495 e. The first-order valence-corrected chi connectivity index (χ1v) is 7.88. The molecule has 0 bridgehead atoms. The standard InChI is InChI=1S/C14H23N3O2S/c1-11-10-12(19-2)13(20-11)14(18)16-4-3-7-17-8-5-15-6-9-17/h10,15H,3-9H2,1-2H3,(H,16,18). The zero-order valence-electron chi connectivity index (χ0n) is 12.2. The zero-order chi connectivity index (χ0) is 14.4. The highest BCUT2D eigenvalue weighted by molar-refractivity contribution is 7.14. The van der Waals surface area contributed by atoms with Gasteiger partial charge in [-0.05, 0) is 26.0 Å². The molecule has 2 N–H and O–H groups in total. The van der Waals surface area contributed by atoms with E-state index < -0.39 is 0 Å². The van der Waals surface area contributed by atoms with Crippen molar-refractivity contribution in [3.63, 3.8) is 0 Å². The summed E-state index contributed by atoms with van der Waals surface area (Å²) in [5.41, 5.74) is 0. The third-order valence-electron chi connectivity index (χ3n) is 3.39. The fraction of sp³-hybridized carbons (Fsp3) is 0.643. The quantitative estimate of drug-likeness (QED) is 0.772. The molecule has 0 aromatic carbocycles. The number of methoxy groups -OCH3 is 1. The van der Waals surface area contributed by atoms with Crippen LogP contribution in [0.5, 0.6) is 5.75 Å². The van der Waals surface area contributed by atoms with Gasteiger partial charge in [0.15, 0.2) is 0 Å². The monoisotopic (exact) mass is 297 g/mol. The van der Waals surface area contributed by atoms with Crippen LogP contribution in [0.4, 0.5) is 0 Å². The van der Waals surface area contributed by atoms with Crippen molar-refractivity contribution < 1.29 is 9.53 Å². The Balaban J connectivity index is 1.71. The second kappa shape index (κ2) is 7.61. The van der Waals surface area contributed by atoms with Crippen LogP contribution in [-0.4, -0.2) is 57.2 Å². The second-order valence-electron chi connectivity index (χ2n) is 4.96. The van der Waals surface area contributed by atoms with E-state index in [1.165, 1.54) is 11.3 Å². The van der Waals surface area contributed by atoms with E-state index in [-0.39, 0.29) is 5.91 Å². The molecule has 0 aliphatic carbocycles. The van der Waals surface area contributed by atoms with E-state index >= 15 is 0 Å². The van der Waals surface area contributed by atoms with Crippen LogP contribution in [0.3, 0.4) is 0 Å². The van der Waals surface area contributed by atoms with Crippen LogP contribution in [0.1, 0.15) is 21.0 Å². The number of amides is 1. The summed E-state index contributed by atoms with van der Waals surface area (Å²) < 4.78 is 5.22. The van der Waals surface area contributed by atoms with Crippen molar-refractivity contribution >= 4 is 17.2 Å². The van der Waals surface area contributed by atoms with E-state index in [0.29, 0.717) is 17.2 Å². The Morgan fingerprint density at radius 3 is 2.95 bits per heavy atom. The molecule has 1 aliphatic heterocycles. The lowest BCUT2D eigenvalue weighted by Gasteiger charge is -2.27. The van der Waals surface area contributed by atoms with Gasteiger partial charge in [0.1, 0.15) is 10.6 Å². The van der Waals surface area contributed by atoms with Gasteiger partial charge < -0.3 is 20.3 Å². The van der Waals surface area contributed by atoms with Gasteiger partial charge >= 0.3 is 0 Å². The molecular formula is C14H23N3O2S. The van der Waals surface area contributed by atoms with E-state index in [1.807, 2.05) is 13.0 Å². The van der Waals surface area contributed by atoms with E-state index in [4.69, 9.17) is 4.74 Å². The van der Waals surface area contributed by atoms with Crippen molar-refractivity contribution in [2.24, 2.45) is 0 Å². The summed E-state index contributed by atoms with van der Waals surface area (Å²) in [6, 6.07) is 1.90. The lowest BCUT2D eigenvalue weighted by atomic mass is 10.3.